The van der Waals surface area contributed by atoms with Gasteiger partial charge in [-0.05, 0) is 23.8 Å². The molecule has 0 aliphatic rings. The van der Waals surface area contributed by atoms with E-state index in [4.69, 9.17) is 15.2 Å². The van der Waals surface area contributed by atoms with Crippen LogP contribution in [0.5, 0.6) is 5.75 Å². The number of methoxy groups -OCH3 is 2. The minimum atomic E-state index is -0.313. The first-order valence-electron chi connectivity index (χ1n) is 7.10. The number of fused-ring (bicyclic) bond motifs is 1. The zero-order valence-corrected chi connectivity index (χ0v) is 12.9. The van der Waals surface area contributed by atoms with Crippen molar-refractivity contribution >= 4 is 17.3 Å². The van der Waals surface area contributed by atoms with Gasteiger partial charge in [0.25, 0.3) is 0 Å². The summed E-state index contributed by atoms with van der Waals surface area (Å²) < 4.78 is 11.8. The molecule has 0 aliphatic carbocycles. The monoisotopic (exact) mass is 311 g/mol. The summed E-state index contributed by atoms with van der Waals surface area (Å²) in [4.78, 5) is 11.6. The van der Waals surface area contributed by atoms with E-state index in [9.17, 15) is 4.79 Å². The lowest BCUT2D eigenvalue weighted by Crippen LogP contribution is -2.06. The fourth-order valence-electron chi connectivity index (χ4n) is 2.59. The topological polar surface area (TPSA) is 78.9 Å². The van der Waals surface area contributed by atoms with Gasteiger partial charge in [-0.2, -0.15) is 5.10 Å². The molecule has 23 heavy (non-hydrogen) atoms. The molecule has 6 heteroatoms. The van der Waals surface area contributed by atoms with E-state index in [0.29, 0.717) is 11.6 Å². The fourth-order valence-corrected chi connectivity index (χ4v) is 2.59. The third-order valence-electron chi connectivity index (χ3n) is 3.67. The maximum atomic E-state index is 11.6. The molecule has 3 aromatic rings. The molecule has 0 amide bonds. The first-order valence-corrected chi connectivity index (χ1v) is 7.10. The normalized spacial score (nSPS) is 10.7. The summed E-state index contributed by atoms with van der Waals surface area (Å²) in [5, 5.41) is 4.21. The molecule has 0 radical (unpaired) electrons. The highest BCUT2D eigenvalue weighted by Gasteiger charge is 2.13. The number of esters is 1. The van der Waals surface area contributed by atoms with Gasteiger partial charge in [0, 0.05) is 23.4 Å². The molecule has 0 fully saturated rings. The highest BCUT2D eigenvalue weighted by atomic mass is 16.5. The smallest absolute Gasteiger partial charge is 0.310 e. The van der Waals surface area contributed by atoms with E-state index in [1.807, 2.05) is 42.6 Å². The van der Waals surface area contributed by atoms with E-state index in [2.05, 4.69) is 5.10 Å². The molecule has 3 rings (SSSR count). The number of nitrogens with zero attached hydrogens (tertiary/aromatic N) is 2. The average Bonchev–Trinajstić information content (AvgIpc) is 2.94. The second-order valence-electron chi connectivity index (χ2n) is 5.10. The number of pyridine rings is 1. The van der Waals surface area contributed by atoms with Gasteiger partial charge in [0.15, 0.2) is 0 Å². The lowest BCUT2D eigenvalue weighted by Gasteiger charge is -2.11. The molecule has 2 heterocycles. The molecule has 118 valence electrons. The van der Waals surface area contributed by atoms with Crippen molar-refractivity contribution in [1.29, 1.82) is 0 Å². The molecule has 0 saturated carbocycles. The Morgan fingerprint density at radius 3 is 2.83 bits per heavy atom. The Balaban J connectivity index is 2.11. The van der Waals surface area contributed by atoms with Crippen LogP contribution < -0.4 is 10.5 Å². The average molecular weight is 311 g/mol. The van der Waals surface area contributed by atoms with Crippen LogP contribution in [-0.4, -0.2) is 29.8 Å². The van der Waals surface area contributed by atoms with Crippen LogP contribution in [0.2, 0.25) is 0 Å². The van der Waals surface area contributed by atoms with Crippen LogP contribution in [0.15, 0.2) is 42.6 Å². The van der Waals surface area contributed by atoms with Gasteiger partial charge in [0.05, 0.1) is 26.2 Å². The number of hydrogen-bond acceptors (Lipinski definition) is 5. The Kier molecular flexibility index (Phi) is 3.89. The molecule has 0 unspecified atom stereocenters. The Morgan fingerprint density at radius 2 is 2.09 bits per heavy atom. The van der Waals surface area contributed by atoms with Crippen LogP contribution >= 0.6 is 0 Å². The van der Waals surface area contributed by atoms with Gasteiger partial charge >= 0.3 is 5.97 Å². The lowest BCUT2D eigenvalue weighted by molar-refractivity contribution is -0.139. The van der Waals surface area contributed by atoms with Gasteiger partial charge in [-0.15, -0.1) is 0 Å². The quantitative estimate of drug-likeness (QED) is 0.748. The zero-order chi connectivity index (χ0) is 16.4. The van der Waals surface area contributed by atoms with Crippen LogP contribution in [0.1, 0.15) is 5.56 Å². The van der Waals surface area contributed by atoms with Gasteiger partial charge in [-0.25, -0.2) is 4.52 Å². The summed E-state index contributed by atoms with van der Waals surface area (Å²) in [6.45, 7) is 0. The number of hydrogen-bond donors (Lipinski definition) is 1. The summed E-state index contributed by atoms with van der Waals surface area (Å²) in [5.74, 6) is 0.798. The zero-order valence-electron chi connectivity index (χ0n) is 12.9. The molecule has 1 aromatic carbocycles. The number of benzene rings is 1. The van der Waals surface area contributed by atoms with Crippen molar-refractivity contribution in [3.05, 3.63) is 48.2 Å². The van der Waals surface area contributed by atoms with Gasteiger partial charge < -0.3 is 15.2 Å². The van der Waals surface area contributed by atoms with Gasteiger partial charge in [-0.3, -0.25) is 4.79 Å². The lowest BCUT2D eigenvalue weighted by atomic mass is 10.0. The van der Waals surface area contributed by atoms with Crippen LogP contribution in [0, 0.1) is 0 Å². The van der Waals surface area contributed by atoms with Crippen molar-refractivity contribution in [2.24, 2.45) is 0 Å². The van der Waals surface area contributed by atoms with E-state index < -0.39 is 0 Å². The Labute approximate surface area is 133 Å². The van der Waals surface area contributed by atoms with Crippen LogP contribution in [0.3, 0.4) is 0 Å². The predicted molar refractivity (Wildman–Crippen MR) is 87.3 cm³/mol. The van der Waals surface area contributed by atoms with Crippen molar-refractivity contribution in [2.45, 2.75) is 6.42 Å². The summed E-state index contributed by atoms with van der Waals surface area (Å²) in [6, 6.07) is 11.4. The third kappa shape index (κ3) is 2.83. The van der Waals surface area contributed by atoms with E-state index in [1.54, 1.807) is 11.6 Å². The second-order valence-corrected chi connectivity index (χ2v) is 5.10. The number of nitrogens with two attached hydrogens (primary N) is 1. The van der Waals surface area contributed by atoms with Gasteiger partial charge in [0.2, 0.25) is 0 Å². The Morgan fingerprint density at radius 1 is 1.26 bits per heavy atom. The fraction of sp³-hybridized carbons (Fsp3) is 0.176. The van der Waals surface area contributed by atoms with Crippen molar-refractivity contribution < 1.29 is 14.3 Å². The van der Waals surface area contributed by atoms with E-state index >= 15 is 0 Å². The van der Waals surface area contributed by atoms with Crippen LogP contribution in [0.4, 0.5) is 5.82 Å². The largest absolute Gasteiger partial charge is 0.496 e. The van der Waals surface area contributed by atoms with Crippen molar-refractivity contribution in [1.82, 2.24) is 9.61 Å². The van der Waals surface area contributed by atoms with Crippen molar-refractivity contribution in [3.8, 4) is 16.9 Å². The molecule has 0 atom stereocenters. The number of anilines is 1. The van der Waals surface area contributed by atoms with Crippen molar-refractivity contribution in [3.63, 3.8) is 0 Å². The number of carbonyl (C=O) groups is 1. The minimum Gasteiger partial charge on any atom is -0.496 e. The van der Waals surface area contributed by atoms with Gasteiger partial charge in [-0.1, -0.05) is 12.1 Å². The number of aromatic nitrogens is 2. The molecule has 2 N–H and O–H groups in total. The third-order valence-corrected chi connectivity index (χ3v) is 3.67. The number of nitrogen functional groups attached to an aromatic ring is 1. The summed E-state index contributed by atoms with van der Waals surface area (Å²) in [6.07, 6.45) is 1.99. The Hall–Kier alpha value is -3.02. The maximum absolute atomic E-state index is 11.6. The van der Waals surface area contributed by atoms with Crippen LogP contribution in [0.25, 0.3) is 16.6 Å². The molecule has 0 bridgehead atoms. The van der Waals surface area contributed by atoms with E-state index in [1.165, 1.54) is 7.11 Å². The highest BCUT2D eigenvalue weighted by molar-refractivity contribution is 5.83. The summed E-state index contributed by atoms with van der Waals surface area (Å²) in [7, 11) is 2.95. The molecule has 0 saturated heterocycles. The highest BCUT2D eigenvalue weighted by Crippen LogP contribution is 2.30. The SMILES string of the molecule is COC(=O)Cc1cc(-c2cccn3nc(N)cc23)ccc1OC. The maximum Gasteiger partial charge on any atom is 0.310 e. The Bertz CT molecular complexity index is 871. The van der Waals surface area contributed by atoms with Crippen LogP contribution in [-0.2, 0) is 16.0 Å². The number of carbonyl (C=O) groups excluding carboxylic acids is 1. The summed E-state index contributed by atoms with van der Waals surface area (Å²) in [5.41, 5.74) is 9.39. The minimum absolute atomic E-state index is 0.151. The van der Waals surface area contributed by atoms with Crippen molar-refractivity contribution in [2.75, 3.05) is 20.0 Å². The number of rotatable bonds is 4. The molecule has 2 aromatic heterocycles. The molecule has 6 nitrogen and oxygen atoms in total. The van der Waals surface area contributed by atoms with Gasteiger partial charge in [0.1, 0.15) is 11.6 Å². The molecular formula is C17H17N3O3. The van der Waals surface area contributed by atoms with E-state index in [0.717, 1.165) is 22.2 Å². The number of ether oxygens (including phenoxy) is 2. The second kappa shape index (κ2) is 6.00. The molecule has 0 aliphatic heterocycles. The first kappa shape index (κ1) is 14.9. The molecular weight excluding hydrogens is 294 g/mol. The first-order chi connectivity index (χ1) is 11.1. The summed E-state index contributed by atoms with van der Waals surface area (Å²) >= 11 is 0. The standard InChI is InChI=1S/C17H17N3O3/c1-22-15-6-5-11(8-12(15)9-17(21)23-2)13-4-3-7-20-14(13)10-16(18)19-20/h3-8,10H,9H2,1-2H3,(H2,18,19). The van der Waals surface area contributed by atoms with E-state index in [-0.39, 0.29) is 12.4 Å². The predicted octanol–water partition coefficient (Wildman–Crippen LogP) is 2.31. The molecule has 0 spiro atoms.